The van der Waals surface area contributed by atoms with Crippen LogP contribution < -0.4 is 20.6 Å². The van der Waals surface area contributed by atoms with Gasteiger partial charge in [0.15, 0.2) is 17.2 Å². The van der Waals surface area contributed by atoms with Crippen LogP contribution >= 0.6 is 35.6 Å². The number of rotatable bonds is 10. The average Bonchev–Trinajstić information content (AvgIpc) is 3.60. The van der Waals surface area contributed by atoms with E-state index in [-0.39, 0.29) is 36.3 Å². The number of carbonyl (C=O) groups is 1. The summed E-state index contributed by atoms with van der Waals surface area (Å²) in [5.41, 5.74) is 10.6. The number of nitrogens with two attached hydrogens (primary N) is 1. The molecule has 16 heteroatoms. The average molecular weight is 651 g/mol. The van der Waals surface area contributed by atoms with Crippen LogP contribution in [-0.2, 0) is 13.2 Å². The number of amides is 1. The van der Waals surface area contributed by atoms with Gasteiger partial charge in [0.1, 0.15) is 6.61 Å². The van der Waals surface area contributed by atoms with Gasteiger partial charge < -0.3 is 15.2 Å². The van der Waals surface area contributed by atoms with Crippen LogP contribution in [0, 0.1) is 0 Å². The van der Waals surface area contributed by atoms with Crippen molar-refractivity contribution < 1.29 is 18.9 Å². The number of hydrogen-bond donors (Lipinski definition) is 2. The molecule has 1 atom stereocenters. The molecule has 3 heterocycles. The summed E-state index contributed by atoms with van der Waals surface area (Å²) in [5, 5.41) is 20.7. The van der Waals surface area contributed by atoms with Crippen molar-refractivity contribution in [3.63, 3.8) is 0 Å². The lowest BCUT2D eigenvalue weighted by atomic mass is 10.0. The lowest BCUT2D eigenvalue weighted by Gasteiger charge is -2.33. The molecular formula is C27H30Cl3N9O4. The first kappa shape index (κ1) is 32.0. The number of ether oxygens (including phenoxy) is 2. The highest BCUT2D eigenvalue weighted by atomic mass is 35.5. The van der Waals surface area contributed by atoms with Crippen molar-refractivity contribution in [2.24, 2.45) is 5.10 Å². The molecule has 4 aromatic rings. The van der Waals surface area contributed by atoms with Gasteiger partial charge in [0.25, 0.3) is 5.91 Å². The second kappa shape index (κ2) is 14.5. The molecule has 5 rings (SSSR count). The van der Waals surface area contributed by atoms with Gasteiger partial charge in [0, 0.05) is 12.6 Å². The quantitative estimate of drug-likeness (QED) is 0.182. The number of anilines is 1. The summed E-state index contributed by atoms with van der Waals surface area (Å²) >= 11 is 12.1. The van der Waals surface area contributed by atoms with Crippen molar-refractivity contribution in [3.8, 4) is 17.3 Å². The first-order valence-corrected chi connectivity index (χ1v) is 13.9. The number of nitrogens with one attached hydrogen (secondary N) is 1. The molecule has 0 radical (unpaired) electrons. The van der Waals surface area contributed by atoms with Gasteiger partial charge in [-0.2, -0.15) is 9.78 Å². The summed E-state index contributed by atoms with van der Waals surface area (Å²) in [4.78, 5) is 15.4. The SMILES string of the molecule is COc1cc(/C=N\NC(=O)c2nnn(-c3nonc3N)c2CN2CCCCC2C)ccc1OCc1ccc(Cl)c(Cl)c1.Cl. The Hall–Kier alpha value is -3.91. The number of hydrogen-bond acceptors (Lipinski definition) is 11. The standard InChI is InChI=1S/C27H29Cl2N9O4.ClH/c1-16-5-3-4-10-37(16)14-21-24(32-36-38(21)26-25(30)34-42-35-26)27(39)33-31-13-17-7-9-22(23(12-17)40-2)41-15-18-6-8-19(28)20(29)11-18;/h6-9,11-13,16H,3-5,10,14-15H2,1-2H3,(H2,30,34)(H,33,39);1H/b31-13-;. The molecule has 13 nitrogen and oxygen atoms in total. The van der Waals surface area contributed by atoms with Crippen molar-refractivity contribution >= 4 is 53.5 Å². The van der Waals surface area contributed by atoms with Gasteiger partial charge in [-0.05, 0) is 78.1 Å². The zero-order valence-corrected chi connectivity index (χ0v) is 25.7. The molecule has 0 spiro atoms. The summed E-state index contributed by atoms with van der Waals surface area (Å²) < 4.78 is 17.5. The molecule has 0 bridgehead atoms. The number of methoxy groups -OCH3 is 1. The molecule has 2 aromatic heterocycles. The summed E-state index contributed by atoms with van der Waals surface area (Å²) in [7, 11) is 1.54. The Morgan fingerprint density at radius 3 is 2.74 bits per heavy atom. The number of carbonyl (C=O) groups excluding carboxylic acids is 1. The first-order valence-electron chi connectivity index (χ1n) is 13.2. The van der Waals surface area contributed by atoms with Gasteiger partial charge in [-0.3, -0.25) is 9.69 Å². The second-order valence-electron chi connectivity index (χ2n) is 9.73. The van der Waals surface area contributed by atoms with Gasteiger partial charge in [-0.25, -0.2) is 10.1 Å². The van der Waals surface area contributed by atoms with Crippen molar-refractivity contribution in [2.45, 2.75) is 45.4 Å². The van der Waals surface area contributed by atoms with Gasteiger partial charge in [-0.1, -0.05) is 40.9 Å². The van der Waals surface area contributed by atoms with Crippen molar-refractivity contribution in [3.05, 3.63) is 69.0 Å². The zero-order chi connectivity index (χ0) is 29.6. The van der Waals surface area contributed by atoms with E-state index in [1.165, 1.54) is 18.0 Å². The number of benzene rings is 2. The van der Waals surface area contributed by atoms with Crippen LogP contribution in [0.15, 0.2) is 46.1 Å². The summed E-state index contributed by atoms with van der Waals surface area (Å²) in [6.45, 7) is 3.72. The van der Waals surface area contributed by atoms with E-state index in [4.69, 9.17) is 43.0 Å². The van der Waals surface area contributed by atoms with E-state index in [0.29, 0.717) is 45.4 Å². The molecule has 0 saturated carbocycles. The number of likely N-dealkylation sites (tertiary alicyclic amines) is 1. The van der Waals surface area contributed by atoms with E-state index in [1.807, 2.05) is 6.07 Å². The van der Waals surface area contributed by atoms with E-state index in [9.17, 15) is 4.79 Å². The Morgan fingerprint density at radius 1 is 1.19 bits per heavy atom. The third-order valence-electron chi connectivity index (χ3n) is 6.91. The molecule has 1 aliphatic rings. The largest absolute Gasteiger partial charge is 0.493 e. The smallest absolute Gasteiger partial charge is 0.293 e. The Kier molecular flexibility index (Phi) is 10.8. The van der Waals surface area contributed by atoms with E-state index in [1.54, 1.807) is 30.3 Å². The maximum absolute atomic E-state index is 13.2. The van der Waals surface area contributed by atoms with Gasteiger partial charge in [0.2, 0.25) is 11.6 Å². The molecule has 0 aliphatic carbocycles. The molecule has 1 aliphatic heterocycles. The fraction of sp³-hybridized carbons (Fsp3) is 0.333. The summed E-state index contributed by atoms with van der Waals surface area (Å²) in [5.74, 6) is 0.680. The maximum Gasteiger partial charge on any atom is 0.293 e. The predicted molar refractivity (Wildman–Crippen MR) is 163 cm³/mol. The minimum atomic E-state index is -0.541. The van der Waals surface area contributed by atoms with Crippen LogP contribution in [0.1, 0.15) is 53.5 Å². The molecule has 1 unspecified atom stereocenters. The lowest BCUT2D eigenvalue weighted by molar-refractivity contribution is 0.0945. The number of halogens is 3. The van der Waals surface area contributed by atoms with E-state index >= 15 is 0 Å². The Labute approximate surface area is 263 Å². The van der Waals surface area contributed by atoms with Crippen LogP contribution in [0.4, 0.5) is 5.82 Å². The first-order chi connectivity index (χ1) is 20.3. The number of nitrogen functional groups attached to an aromatic ring is 1. The Bertz CT molecular complexity index is 1590. The molecular weight excluding hydrogens is 621 g/mol. The third-order valence-corrected chi connectivity index (χ3v) is 7.65. The molecule has 43 heavy (non-hydrogen) atoms. The van der Waals surface area contributed by atoms with Crippen molar-refractivity contribution in [1.29, 1.82) is 0 Å². The molecule has 1 saturated heterocycles. The highest BCUT2D eigenvalue weighted by molar-refractivity contribution is 6.42. The number of piperidine rings is 1. The number of aromatic nitrogens is 5. The predicted octanol–water partition coefficient (Wildman–Crippen LogP) is 4.69. The summed E-state index contributed by atoms with van der Waals surface area (Å²) in [6.07, 6.45) is 4.77. The minimum absolute atomic E-state index is 0. The Morgan fingerprint density at radius 2 is 2.02 bits per heavy atom. The summed E-state index contributed by atoms with van der Waals surface area (Å²) in [6, 6.07) is 10.9. The van der Waals surface area contributed by atoms with Crippen LogP contribution in [-0.4, -0.2) is 62.0 Å². The lowest BCUT2D eigenvalue weighted by Crippen LogP contribution is -2.38. The fourth-order valence-electron chi connectivity index (χ4n) is 4.61. The van der Waals surface area contributed by atoms with E-state index < -0.39 is 5.91 Å². The minimum Gasteiger partial charge on any atom is -0.493 e. The highest BCUT2D eigenvalue weighted by Gasteiger charge is 2.28. The van der Waals surface area contributed by atoms with Crippen molar-refractivity contribution in [1.82, 2.24) is 35.6 Å². The topological polar surface area (TPSA) is 159 Å². The number of hydrazone groups is 1. The normalized spacial score (nSPS) is 15.3. The molecule has 228 valence electrons. The molecule has 3 N–H and O–H groups in total. The highest BCUT2D eigenvalue weighted by Crippen LogP contribution is 2.29. The Balaban J connectivity index is 0.00000423. The zero-order valence-electron chi connectivity index (χ0n) is 23.4. The monoisotopic (exact) mass is 649 g/mol. The third kappa shape index (κ3) is 7.54. The van der Waals surface area contributed by atoms with Gasteiger partial charge >= 0.3 is 0 Å². The molecule has 1 fully saturated rings. The van der Waals surface area contributed by atoms with E-state index in [0.717, 1.165) is 31.4 Å². The molecule has 1 amide bonds. The fourth-order valence-corrected chi connectivity index (χ4v) is 4.93. The maximum atomic E-state index is 13.2. The van der Waals surface area contributed by atoms with Crippen LogP contribution in [0.25, 0.3) is 5.82 Å². The second-order valence-corrected chi connectivity index (χ2v) is 10.5. The molecule has 2 aromatic carbocycles. The van der Waals surface area contributed by atoms with Crippen LogP contribution in [0.5, 0.6) is 11.5 Å². The number of nitrogens with zero attached hydrogens (tertiary/aromatic N) is 7. The van der Waals surface area contributed by atoms with Gasteiger partial charge in [-0.15, -0.1) is 17.5 Å². The van der Waals surface area contributed by atoms with Crippen LogP contribution in [0.3, 0.4) is 0 Å². The van der Waals surface area contributed by atoms with E-state index in [2.05, 4.69) is 43.0 Å². The van der Waals surface area contributed by atoms with Gasteiger partial charge in [0.05, 0.1) is 29.1 Å². The van der Waals surface area contributed by atoms with Crippen LogP contribution in [0.2, 0.25) is 10.0 Å². The van der Waals surface area contributed by atoms with Crippen molar-refractivity contribution in [2.75, 3.05) is 19.4 Å².